The molecule has 0 fully saturated rings. The third-order valence-corrected chi connectivity index (χ3v) is 4.30. The van der Waals surface area contributed by atoms with Crippen molar-refractivity contribution in [2.45, 2.75) is 12.6 Å². The van der Waals surface area contributed by atoms with Gasteiger partial charge in [-0.15, -0.1) is 0 Å². The van der Waals surface area contributed by atoms with Crippen molar-refractivity contribution in [2.24, 2.45) is 10.7 Å². The monoisotopic (exact) mass is 347 g/mol. The maximum atomic E-state index is 13.3. The number of hydrogen-bond acceptors (Lipinski definition) is 3. The van der Waals surface area contributed by atoms with E-state index in [1.807, 2.05) is 23.1 Å². The largest absolute Gasteiger partial charge is 0.370 e. The topological polar surface area (TPSA) is 41.6 Å². The van der Waals surface area contributed by atoms with Gasteiger partial charge in [0.25, 0.3) is 0 Å². The average Bonchev–Trinajstić information content (AvgIpc) is 2.82. The third-order valence-electron chi connectivity index (χ3n) is 3.61. The second-order valence-electron chi connectivity index (χ2n) is 4.99. The second-order valence-corrected chi connectivity index (χ2v) is 5.85. The SMILES string of the molecule is NC1=NCC(c2ccc(F)cc2Br)N1Cc1ccccc1. The van der Waals surface area contributed by atoms with Crippen molar-refractivity contribution >= 4 is 21.9 Å². The third kappa shape index (κ3) is 2.93. The average molecular weight is 348 g/mol. The van der Waals surface area contributed by atoms with Gasteiger partial charge in [-0.2, -0.15) is 0 Å². The molecular weight excluding hydrogens is 333 g/mol. The van der Waals surface area contributed by atoms with E-state index in [4.69, 9.17) is 5.73 Å². The molecule has 5 heteroatoms. The highest BCUT2D eigenvalue weighted by atomic mass is 79.9. The van der Waals surface area contributed by atoms with E-state index < -0.39 is 0 Å². The molecule has 2 N–H and O–H groups in total. The molecule has 1 aliphatic rings. The van der Waals surface area contributed by atoms with Crippen LogP contribution in [0.4, 0.5) is 4.39 Å². The molecule has 0 spiro atoms. The molecule has 0 radical (unpaired) electrons. The zero-order chi connectivity index (χ0) is 14.8. The first-order chi connectivity index (χ1) is 10.1. The summed E-state index contributed by atoms with van der Waals surface area (Å²) < 4.78 is 14.0. The van der Waals surface area contributed by atoms with Gasteiger partial charge in [0.2, 0.25) is 0 Å². The van der Waals surface area contributed by atoms with E-state index in [0.717, 1.165) is 10.0 Å². The van der Waals surface area contributed by atoms with Crippen LogP contribution in [0.15, 0.2) is 58.0 Å². The van der Waals surface area contributed by atoms with E-state index in [1.165, 1.54) is 17.7 Å². The van der Waals surface area contributed by atoms with Gasteiger partial charge < -0.3 is 10.6 Å². The lowest BCUT2D eigenvalue weighted by atomic mass is 10.1. The maximum absolute atomic E-state index is 13.3. The van der Waals surface area contributed by atoms with Gasteiger partial charge in [-0.25, -0.2) is 4.39 Å². The fraction of sp³-hybridized carbons (Fsp3) is 0.188. The Kier molecular flexibility index (Phi) is 3.92. The molecule has 2 aromatic carbocycles. The van der Waals surface area contributed by atoms with E-state index in [2.05, 4.69) is 33.1 Å². The first kappa shape index (κ1) is 14.1. The van der Waals surface area contributed by atoms with Crippen molar-refractivity contribution in [3.63, 3.8) is 0 Å². The highest BCUT2D eigenvalue weighted by Crippen LogP contribution is 2.32. The molecule has 1 unspecified atom stereocenters. The number of aliphatic imine (C=N–C) groups is 1. The molecule has 2 aromatic rings. The van der Waals surface area contributed by atoms with E-state index in [1.54, 1.807) is 6.07 Å². The normalized spacial score (nSPS) is 17.9. The van der Waals surface area contributed by atoms with Crippen LogP contribution in [-0.4, -0.2) is 17.4 Å². The van der Waals surface area contributed by atoms with Crippen LogP contribution in [0.1, 0.15) is 17.2 Å². The molecule has 0 saturated carbocycles. The Bertz CT molecular complexity index is 672. The van der Waals surface area contributed by atoms with E-state index in [-0.39, 0.29) is 11.9 Å². The van der Waals surface area contributed by atoms with Crippen LogP contribution in [0.5, 0.6) is 0 Å². The zero-order valence-electron chi connectivity index (χ0n) is 11.3. The number of nitrogens with zero attached hydrogens (tertiary/aromatic N) is 2. The highest BCUT2D eigenvalue weighted by Gasteiger charge is 2.28. The Hall–Kier alpha value is -1.88. The molecule has 0 aromatic heterocycles. The summed E-state index contributed by atoms with van der Waals surface area (Å²) in [6, 6.07) is 14.9. The van der Waals surface area contributed by atoms with Gasteiger partial charge in [0.05, 0.1) is 12.6 Å². The minimum Gasteiger partial charge on any atom is -0.370 e. The van der Waals surface area contributed by atoms with E-state index >= 15 is 0 Å². The van der Waals surface area contributed by atoms with Gasteiger partial charge in [0, 0.05) is 11.0 Å². The molecule has 3 rings (SSSR count). The number of benzene rings is 2. The summed E-state index contributed by atoms with van der Waals surface area (Å²) in [6.45, 7) is 1.27. The summed E-state index contributed by atoms with van der Waals surface area (Å²) in [7, 11) is 0. The fourth-order valence-corrected chi connectivity index (χ4v) is 3.15. The smallest absolute Gasteiger partial charge is 0.192 e. The highest BCUT2D eigenvalue weighted by molar-refractivity contribution is 9.10. The molecule has 0 aliphatic carbocycles. The summed E-state index contributed by atoms with van der Waals surface area (Å²) in [5, 5.41) is 0. The number of hydrogen-bond donors (Lipinski definition) is 1. The fourth-order valence-electron chi connectivity index (χ4n) is 2.54. The molecule has 108 valence electrons. The minimum absolute atomic E-state index is 0.0279. The van der Waals surface area contributed by atoms with Crippen LogP contribution in [0.3, 0.4) is 0 Å². The Labute approximate surface area is 131 Å². The molecule has 1 atom stereocenters. The van der Waals surface area contributed by atoms with E-state index in [9.17, 15) is 4.39 Å². The second kappa shape index (κ2) is 5.85. The van der Waals surface area contributed by atoms with Crippen molar-refractivity contribution in [3.05, 3.63) is 69.9 Å². The summed E-state index contributed by atoms with van der Waals surface area (Å²) in [5.41, 5.74) is 8.19. The molecule has 1 heterocycles. The molecule has 0 amide bonds. The van der Waals surface area contributed by atoms with Crippen molar-refractivity contribution in [2.75, 3.05) is 6.54 Å². The quantitative estimate of drug-likeness (QED) is 0.923. The van der Waals surface area contributed by atoms with Gasteiger partial charge in [-0.3, -0.25) is 4.99 Å². The molecule has 3 nitrogen and oxygen atoms in total. The molecule has 0 bridgehead atoms. The zero-order valence-corrected chi connectivity index (χ0v) is 12.9. The standard InChI is InChI=1S/C16H15BrFN3/c17-14-8-12(18)6-7-13(14)15-9-20-16(19)21(15)10-11-4-2-1-3-5-11/h1-8,15H,9-10H2,(H2,19,20). The molecule has 0 saturated heterocycles. The van der Waals surface area contributed by atoms with Crippen molar-refractivity contribution in [1.82, 2.24) is 4.90 Å². The van der Waals surface area contributed by atoms with Crippen LogP contribution >= 0.6 is 15.9 Å². The van der Waals surface area contributed by atoms with Gasteiger partial charge in [0.15, 0.2) is 5.96 Å². The number of halogens is 2. The Morgan fingerprint density at radius 3 is 2.71 bits per heavy atom. The number of nitrogens with two attached hydrogens (primary N) is 1. The van der Waals surface area contributed by atoms with Crippen LogP contribution in [0.25, 0.3) is 0 Å². The van der Waals surface area contributed by atoms with Crippen molar-refractivity contribution in [1.29, 1.82) is 0 Å². The van der Waals surface area contributed by atoms with Crippen molar-refractivity contribution < 1.29 is 4.39 Å². The summed E-state index contributed by atoms with van der Waals surface area (Å²) >= 11 is 3.43. The number of guanidine groups is 1. The van der Waals surface area contributed by atoms with Crippen molar-refractivity contribution in [3.8, 4) is 0 Å². The number of rotatable bonds is 3. The predicted octanol–water partition coefficient (Wildman–Crippen LogP) is 3.46. The maximum Gasteiger partial charge on any atom is 0.192 e. The van der Waals surface area contributed by atoms with Crippen LogP contribution < -0.4 is 5.73 Å². The van der Waals surface area contributed by atoms with Crippen LogP contribution in [0, 0.1) is 5.82 Å². The van der Waals surface area contributed by atoms with Crippen LogP contribution in [0.2, 0.25) is 0 Å². The van der Waals surface area contributed by atoms with E-state index in [0.29, 0.717) is 19.0 Å². The summed E-state index contributed by atoms with van der Waals surface area (Å²) in [4.78, 5) is 6.39. The molecule has 1 aliphatic heterocycles. The Morgan fingerprint density at radius 1 is 1.24 bits per heavy atom. The predicted molar refractivity (Wildman–Crippen MR) is 85.3 cm³/mol. The lowest BCUT2D eigenvalue weighted by molar-refractivity contribution is 0.339. The minimum atomic E-state index is -0.257. The Balaban J connectivity index is 1.88. The lowest BCUT2D eigenvalue weighted by Gasteiger charge is -2.27. The molecular formula is C16H15BrFN3. The first-order valence-corrected chi connectivity index (χ1v) is 7.50. The van der Waals surface area contributed by atoms with Gasteiger partial charge in [-0.05, 0) is 23.3 Å². The van der Waals surface area contributed by atoms with Crippen LogP contribution in [-0.2, 0) is 6.54 Å². The van der Waals surface area contributed by atoms with Gasteiger partial charge in [0.1, 0.15) is 5.82 Å². The summed E-state index contributed by atoms with van der Waals surface area (Å²) in [6.07, 6.45) is 0. The Morgan fingerprint density at radius 2 is 2.00 bits per heavy atom. The first-order valence-electron chi connectivity index (χ1n) is 6.70. The lowest BCUT2D eigenvalue weighted by Crippen LogP contribution is -2.35. The van der Waals surface area contributed by atoms with Gasteiger partial charge >= 0.3 is 0 Å². The van der Waals surface area contributed by atoms with Gasteiger partial charge in [-0.1, -0.05) is 52.3 Å². The summed E-state index contributed by atoms with van der Waals surface area (Å²) in [5.74, 6) is 0.271. The molecule has 21 heavy (non-hydrogen) atoms.